The molecule has 2 rings (SSSR count). The van der Waals surface area contributed by atoms with Crippen molar-refractivity contribution in [2.45, 2.75) is 71.4 Å². The molecule has 3 unspecified atom stereocenters. The summed E-state index contributed by atoms with van der Waals surface area (Å²) < 4.78 is 5.68. The van der Waals surface area contributed by atoms with Crippen LogP contribution in [0.5, 0.6) is 0 Å². The predicted molar refractivity (Wildman–Crippen MR) is 81.3 cm³/mol. The summed E-state index contributed by atoms with van der Waals surface area (Å²) in [7, 11) is 2.16. The fourth-order valence-corrected chi connectivity index (χ4v) is 4.48. The maximum Gasteiger partial charge on any atom is 0.0580 e. The highest BCUT2D eigenvalue weighted by Crippen LogP contribution is 2.39. The first kappa shape index (κ1) is 15.3. The molecule has 1 N–H and O–H groups in total. The van der Waals surface area contributed by atoms with Crippen LogP contribution >= 0.6 is 0 Å². The third kappa shape index (κ3) is 4.19. The molecule has 3 atom stereocenters. The van der Waals surface area contributed by atoms with E-state index in [1.54, 1.807) is 0 Å². The summed E-state index contributed by atoms with van der Waals surface area (Å²) in [6.45, 7) is 7.85. The normalized spacial score (nSPS) is 40.7. The lowest BCUT2D eigenvalue weighted by Crippen LogP contribution is -2.42. The first-order chi connectivity index (χ1) is 9.12. The molecule has 2 aliphatic rings. The smallest absolute Gasteiger partial charge is 0.0580 e. The van der Waals surface area contributed by atoms with Crippen LogP contribution in [-0.2, 0) is 4.74 Å². The third-order valence-electron chi connectivity index (χ3n) is 5.34. The molecular weight excluding hydrogens is 234 g/mol. The van der Waals surface area contributed by atoms with Crippen LogP contribution in [0.3, 0.4) is 0 Å². The van der Waals surface area contributed by atoms with Crippen LogP contribution < -0.4 is 5.32 Å². The molecule has 0 spiro atoms. The van der Waals surface area contributed by atoms with Gasteiger partial charge in [-0.05, 0) is 76.2 Å². The van der Waals surface area contributed by atoms with E-state index in [1.165, 1.54) is 38.5 Å². The Morgan fingerprint density at radius 1 is 1.05 bits per heavy atom. The highest BCUT2D eigenvalue weighted by molar-refractivity contribution is 4.89. The molecule has 0 saturated heterocycles. The van der Waals surface area contributed by atoms with Gasteiger partial charge in [-0.2, -0.15) is 0 Å². The van der Waals surface area contributed by atoms with Gasteiger partial charge in [0.05, 0.1) is 6.10 Å². The van der Waals surface area contributed by atoms with Gasteiger partial charge in [0.2, 0.25) is 0 Å². The molecule has 2 fully saturated rings. The van der Waals surface area contributed by atoms with Crippen molar-refractivity contribution in [1.82, 2.24) is 5.32 Å². The number of rotatable bonds is 6. The van der Waals surface area contributed by atoms with Gasteiger partial charge in [-0.15, -0.1) is 0 Å². The van der Waals surface area contributed by atoms with E-state index in [2.05, 4.69) is 33.1 Å². The largest absolute Gasteiger partial charge is 0.378 e. The summed E-state index contributed by atoms with van der Waals surface area (Å²) in [5.41, 5.74) is 0. The van der Waals surface area contributed by atoms with E-state index in [1.807, 2.05) is 0 Å². The van der Waals surface area contributed by atoms with Crippen LogP contribution in [0.4, 0.5) is 0 Å². The molecule has 112 valence electrons. The minimum absolute atomic E-state index is 0.566. The van der Waals surface area contributed by atoms with E-state index in [-0.39, 0.29) is 0 Å². The zero-order chi connectivity index (χ0) is 13.8. The first-order valence-electron chi connectivity index (χ1n) is 8.41. The van der Waals surface area contributed by atoms with Gasteiger partial charge in [-0.3, -0.25) is 0 Å². The highest BCUT2D eigenvalue weighted by atomic mass is 16.5. The van der Waals surface area contributed by atoms with Gasteiger partial charge in [0, 0.05) is 12.6 Å². The topological polar surface area (TPSA) is 21.3 Å². The number of nitrogens with one attached hydrogen (secondary N) is 1. The van der Waals surface area contributed by atoms with Crippen molar-refractivity contribution in [1.29, 1.82) is 0 Å². The van der Waals surface area contributed by atoms with Gasteiger partial charge in [0.15, 0.2) is 0 Å². The van der Waals surface area contributed by atoms with Crippen LogP contribution in [0.25, 0.3) is 0 Å². The van der Waals surface area contributed by atoms with Crippen molar-refractivity contribution >= 4 is 0 Å². The summed E-state index contributed by atoms with van der Waals surface area (Å²) in [5.74, 6) is 3.64. The Bertz CT molecular complexity index is 252. The van der Waals surface area contributed by atoms with Crippen molar-refractivity contribution < 1.29 is 4.74 Å². The molecular formula is C17H33NO. The number of hydrogen-bond acceptors (Lipinski definition) is 2. The first-order valence-corrected chi connectivity index (χ1v) is 8.41. The molecule has 2 aliphatic carbocycles. The van der Waals surface area contributed by atoms with Gasteiger partial charge in [-0.1, -0.05) is 13.8 Å². The standard InChI is InChI=1S/C17H33NO/c1-5-19-16-9-14(10-16)11-17(18-4)15-7-12(2)6-13(3)8-15/h12-18H,5-11H2,1-4H3. The van der Waals surface area contributed by atoms with E-state index in [0.29, 0.717) is 6.10 Å². The van der Waals surface area contributed by atoms with Crippen LogP contribution in [0.1, 0.15) is 59.3 Å². The molecule has 0 aromatic rings. The van der Waals surface area contributed by atoms with Crippen molar-refractivity contribution in [2.75, 3.05) is 13.7 Å². The zero-order valence-electron chi connectivity index (χ0n) is 13.3. The van der Waals surface area contributed by atoms with Gasteiger partial charge < -0.3 is 10.1 Å². The van der Waals surface area contributed by atoms with E-state index in [4.69, 9.17) is 4.74 Å². The molecule has 2 nitrogen and oxygen atoms in total. The minimum Gasteiger partial charge on any atom is -0.378 e. The molecule has 0 aliphatic heterocycles. The van der Waals surface area contributed by atoms with Crippen LogP contribution in [-0.4, -0.2) is 25.8 Å². The third-order valence-corrected chi connectivity index (χ3v) is 5.34. The number of ether oxygens (including phenoxy) is 1. The second-order valence-electron chi connectivity index (χ2n) is 7.22. The molecule has 0 radical (unpaired) electrons. The lowest BCUT2D eigenvalue weighted by atomic mass is 9.69. The molecule has 2 heteroatoms. The zero-order valence-corrected chi connectivity index (χ0v) is 13.3. The highest BCUT2D eigenvalue weighted by Gasteiger charge is 2.35. The monoisotopic (exact) mass is 267 g/mol. The van der Waals surface area contributed by atoms with Crippen molar-refractivity contribution in [3.05, 3.63) is 0 Å². The summed E-state index contributed by atoms with van der Waals surface area (Å²) in [6.07, 6.45) is 8.81. The molecule has 0 amide bonds. The van der Waals surface area contributed by atoms with Crippen LogP contribution in [0.15, 0.2) is 0 Å². The molecule has 0 aromatic carbocycles. The van der Waals surface area contributed by atoms with E-state index in [0.717, 1.165) is 36.3 Å². The maximum atomic E-state index is 5.68. The molecule has 0 aromatic heterocycles. The average molecular weight is 267 g/mol. The van der Waals surface area contributed by atoms with E-state index >= 15 is 0 Å². The Hall–Kier alpha value is -0.0800. The van der Waals surface area contributed by atoms with Crippen molar-refractivity contribution in [2.24, 2.45) is 23.7 Å². The molecule has 0 heterocycles. The fourth-order valence-electron chi connectivity index (χ4n) is 4.48. The van der Waals surface area contributed by atoms with Crippen molar-refractivity contribution in [3.8, 4) is 0 Å². The number of hydrogen-bond donors (Lipinski definition) is 1. The maximum absolute atomic E-state index is 5.68. The molecule has 0 bridgehead atoms. The summed E-state index contributed by atoms with van der Waals surface area (Å²) in [6, 6.07) is 0.734. The van der Waals surface area contributed by atoms with Gasteiger partial charge in [-0.25, -0.2) is 0 Å². The molecule has 19 heavy (non-hydrogen) atoms. The summed E-state index contributed by atoms with van der Waals surface area (Å²) >= 11 is 0. The quantitative estimate of drug-likeness (QED) is 0.789. The van der Waals surface area contributed by atoms with Crippen molar-refractivity contribution in [3.63, 3.8) is 0 Å². The second kappa shape index (κ2) is 7.08. The van der Waals surface area contributed by atoms with Gasteiger partial charge in [0.1, 0.15) is 0 Å². The minimum atomic E-state index is 0.566. The lowest BCUT2D eigenvalue weighted by Gasteiger charge is -2.41. The Balaban J connectivity index is 1.77. The Morgan fingerprint density at radius 3 is 2.21 bits per heavy atom. The Kier molecular flexibility index (Phi) is 5.70. The van der Waals surface area contributed by atoms with Crippen LogP contribution in [0.2, 0.25) is 0 Å². The summed E-state index contributed by atoms with van der Waals surface area (Å²) in [4.78, 5) is 0. The van der Waals surface area contributed by atoms with Gasteiger partial charge >= 0.3 is 0 Å². The summed E-state index contributed by atoms with van der Waals surface area (Å²) in [5, 5.41) is 3.62. The Morgan fingerprint density at radius 2 is 1.68 bits per heavy atom. The second-order valence-corrected chi connectivity index (χ2v) is 7.22. The fraction of sp³-hybridized carbons (Fsp3) is 1.00. The van der Waals surface area contributed by atoms with Crippen LogP contribution in [0, 0.1) is 23.7 Å². The average Bonchev–Trinajstić information content (AvgIpc) is 2.30. The Labute approximate surface area is 119 Å². The lowest BCUT2D eigenvalue weighted by molar-refractivity contribution is -0.0318. The van der Waals surface area contributed by atoms with E-state index in [9.17, 15) is 0 Å². The SMILES string of the molecule is CCOC1CC(CC(NC)C2CC(C)CC(C)C2)C1. The predicted octanol–water partition coefficient (Wildman–Crippen LogP) is 3.85. The van der Waals surface area contributed by atoms with E-state index < -0.39 is 0 Å². The van der Waals surface area contributed by atoms with Gasteiger partial charge in [0.25, 0.3) is 0 Å². The molecule has 2 saturated carbocycles.